The molecule has 0 fully saturated rings. The Morgan fingerprint density at radius 3 is 2.70 bits per heavy atom. The lowest BCUT2D eigenvalue weighted by atomic mass is 10.1. The summed E-state index contributed by atoms with van der Waals surface area (Å²) in [6, 6.07) is 10.6. The van der Waals surface area contributed by atoms with E-state index in [1.165, 1.54) is 4.90 Å². The van der Waals surface area contributed by atoms with Crippen molar-refractivity contribution < 1.29 is 4.79 Å². The Bertz CT molecular complexity index is 938. The smallest absolute Gasteiger partial charge is 0.260 e. The molecule has 3 rings (SSSR count). The highest BCUT2D eigenvalue weighted by molar-refractivity contribution is 6.30. The van der Waals surface area contributed by atoms with E-state index in [-0.39, 0.29) is 5.91 Å². The molecule has 0 saturated carbocycles. The molecule has 1 amide bonds. The van der Waals surface area contributed by atoms with Crippen molar-refractivity contribution in [2.45, 2.75) is 6.92 Å². The molecular weight excluding hydrogens is 312 g/mol. The number of nitrogens with zero attached hydrogens (tertiary/aromatic N) is 4. The number of benzene rings is 1. The summed E-state index contributed by atoms with van der Waals surface area (Å²) < 4.78 is 1.80. The lowest BCUT2D eigenvalue weighted by molar-refractivity contribution is 0.0992. The van der Waals surface area contributed by atoms with Gasteiger partial charge in [0.1, 0.15) is 11.7 Å². The molecule has 2 aromatic heterocycles. The quantitative estimate of drug-likeness (QED) is 0.725. The maximum atomic E-state index is 12.8. The van der Waals surface area contributed by atoms with E-state index in [4.69, 9.17) is 11.6 Å². The van der Waals surface area contributed by atoms with Gasteiger partial charge in [-0.1, -0.05) is 11.6 Å². The van der Waals surface area contributed by atoms with Crippen LogP contribution >= 0.6 is 11.6 Å². The number of pyridine rings is 1. The molecule has 0 atom stereocenters. The molecule has 5 nitrogen and oxygen atoms in total. The number of aromatic nitrogens is 2. The van der Waals surface area contributed by atoms with Gasteiger partial charge in [0.15, 0.2) is 0 Å². The average Bonchev–Trinajstić information content (AvgIpc) is 2.93. The van der Waals surface area contributed by atoms with E-state index in [0.717, 1.165) is 5.69 Å². The molecule has 3 aromatic rings. The van der Waals surface area contributed by atoms with E-state index in [9.17, 15) is 10.1 Å². The van der Waals surface area contributed by atoms with Crippen LogP contribution in [0.4, 0.5) is 5.69 Å². The number of carbonyl (C=O) groups is 1. The summed E-state index contributed by atoms with van der Waals surface area (Å²) >= 11 is 5.87. The van der Waals surface area contributed by atoms with Crippen molar-refractivity contribution in [3.05, 3.63) is 64.6 Å². The number of carbonyl (C=O) groups excluding carboxylic acids is 1. The van der Waals surface area contributed by atoms with E-state index < -0.39 is 0 Å². The zero-order chi connectivity index (χ0) is 16.6. The summed E-state index contributed by atoms with van der Waals surface area (Å²) in [4.78, 5) is 18.5. The standard InChI is InChI=1S/C17H13ClN4O/c1-11-9-20-16-7-12(8-19)15(10-22(11)16)17(23)21(2)14-5-3-13(18)4-6-14/h3-7,9-10H,1-2H3. The highest BCUT2D eigenvalue weighted by Gasteiger charge is 2.19. The third kappa shape index (κ3) is 2.65. The first kappa shape index (κ1) is 15.1. The SMILES string of the molecule is Cc1cnc2cc(C#N)c(C(=O)N(C)c3ccc(Cl)cc3)cn12. The molecule has 0 saturated heterocycles. The fraction of sp³-hybridized carbons (Fsp3) is 0.118. The molecule has 0 aliphatic rings. The fourth-order valence-corrected chi connectivity index (χ4v) is 2.50. The third-order valence-corrected chi connectivity index (χ3v) is 3.95. The number of halogens is 1. The second kappa shape index (κ2) is 5.75. The van der Waals surface area contributed by atoms with Crippen molar-refractivity contribution in [2.24, 2.45) is 0 Å². The lowest BCUT2D eigenvalue weighted by Gasteiger charge is -2.18. The molecule has 0 aliphatic carbocycles. The van der Waals surface area contributed by atoms with Crippen molar-refractivity contribution in [1.29, 1.82) is 5.26 Å². The van der Waals surface area contributed by atoms with Crippen LogP contribution in [0.3, 0.4) is 0 Å². The normalized spacial score (nSPS) is 10.5. The van der Waals surface area contributed by atoms with Gasteiger partial charge in [-0.15, -0.1) is 0 Å². The van der Waals surface area contributed by atoms with Gasteiger partial charge in [-0.2, -0.15) is 5.26 Å². The van der Waals surface area contributed by atoms with Gasteiger partial charge in [0.2, 0.25) is 0 Å². The van der Waals surface area contributed by atoms with E-state index in [0.29, 0.717) is 27.5 Å². The van der Waals surface area contributed by atoms with Crippen LogP contribution in [-0.4, -0.2) is 22.3 Å². The summed E-state index contributed by atoms with van der Waals surface area (Å²) in [5.74, 6) is -0.265. The van der Waals surface area contributed by atoms with E-state index in [2.05, 4.69) is 11.1 Å². The minimum Gasteiger partial charge on any atom is -0.311 e. The molecule has 0 N–H and O–H groups in total. The summed E-state index contributed by atoms with van der Waals surface area (Å²) in [6.07, 6.45) is 3.36. The first-order valence-corrected chi connectivity index (χ1v) is 7.30. The highest BCUT2D eigenvalue weighted by Crippen LogP contribution is 2.21. The topological polar surface area (TPSA) is 61.4 Å². The Morgan fingerprint density at radius 2 is 2.04 bits per heavy atom. The van der Waals surface area contributed by atoms with Gasteiger partial charge in [0.05, 0.1) is 11.1 Å². The van der Waals surface area contributed by atoms with Crippen LogP contribution in [0.15, 0.2) is 42.7 Å². The van der Waals surface area contributed by atoms with Crippen molar-refractivity contribution in [2.75, 3.05) is 11.9 Å². The molecule has 0 unspecified atom stereocenters. The molecular formula is C17H13ClN4O. The molecule has 1 aromatic carbocycles. The minimum absolute atomic E-state index is 0.265. The minimum atomic E-state index is -0.265. The zero-order valence-electron chi connectivity index (χ0n) is 12.6. The van der Waals surface area contributed by atoms with Crippen LogP contribution in [0.2, 0.25) is 5.02 Å². The number of aryl methyl sites for hydroxylation is 1. The number of anilines is 1. The van der Waals surface area contributed by atoms with Gasteiger partial charge in [-0.25, -0.2) is 4.98 Å². The molecule has 0 aliphatic heterocycles. The fourth-order valence-electron chi connectivity index (χ4n) is 2.37. The Balaban J connectivity index is 2.07. The number of rotatable bonds is 2. The van der Waals surface area contributed by atoms with Gasteiger partial charge in [-0.3, -0.25) is 4.79 Å². The summed E-state index contributed by atoms with van der Waals surface area (Å²) in [6.45, 7) is 1.89. The van der Waals surface area contributed by atoms with Crippen molar-refractivity contribution in [3.63, 3.8) is 0 Å². The number of imidazole rings is 1. The van der Waals surface area contributed by atoms with E-state index >= 15 is 0 Å². The Hall–Kier alpha value is -2.84. The van der Waals surface area contributed by atoms with E-state index in [1.807, 2.05) is 6.92 Å². The molecule has 0 spiro atoms. The van der Waals surface area contributed by atoms with Gasteiger partial charge >= 0.3 is 0 Å². The van der Waals surface area contributed by atoms with Gasteiger partial charge in [0.25, 0.3) is 5.91 Å². The number of fused-ring (bicyclic) bond motifs is 1. The molecule has 6 heteroatoms. The number of hydrogen-bond acceptors (Lipinski definition) is 3. The van der Waals surface area contributed by atoms with Gasteiger partial charge in [-0.05, 0) is 37.3 Å². The second-order valence-electron chi connectivity index (χ2n) is 5.18. The van der Waals surface area contributed by atoms with Crippen LogP contribution in [0.1, 0.15) is 21.6 Å². The Kier molecular flexibility index (Phi) is 3.77. The van der Waals surface area contributed by atoms with Crippen LogP contribution in [0.5, 0.6) is 0 Å². The predicted molar refractivity (Wildman–Crippen MR) is 88.8 cm³/mol. The van der Waals surface area contributed by atoms with Crippen LogP contribution in [-0.2, 0) is 0 Å². The molecule has 0 radical (unpaired) electrons. The second-order valence-corrected chi connectivity index (χ2v) is 5.62. The molecule has 23 heavy (non-hydrogen) atoms. The van der Waals surface area contributed by atoms with Crippen molar-refractivity contribution in [3.8, 4) is 6.07 Å². The Labute approximate surface area is 138 Å². The number of amides is 1. The Morgan fingerprint density at radius 1 is 1.35 bits per heavy atom. The molecule has 114 valence electrons. The first-order valence-electron chi connectivity index (χ1n) is 6.92. The largest absolute Gasteiger partial charge is 0.311 e. The van der Waals surface area contributed by atoms with Crippen LogP contribution in [0.25, 0.3) is 5.65 Å². The maximum absolute atomic E-state index is 12.8. The molecule has 0 bridgehead atoms. The third-order valence-electron chi connectivity index (χ3n) is 3.70. The van der Waals surface area contributed by atoms with E-state index in [1.54, 1.807) is 54.2 Å². The molecule has 2 heterocycles. The number of hydrogen-bond donors (Lipinski definition) is 0. The maximum Gasteiger partial charge on any atom is 0.260 e. The summed E-state index contributed by atoms with van der Waals surface area (Å²) in [5.41, 5.74) is 2.87. The summed E-state index contributed by atoms with van der Waals surface area (Å²) in [7, 11) is 1.66. The van der Waals surface area contributed by atoms with Crippen LogP contribution in [0, 0.1) is 18.3 Å². The van der Waals surface area contributed by atoms with Gasteiger partial charge in [0, 0.05) is 35.8 Å². The van der Waals surface area contributed by atoms with Gasteiger partial charge < -0.3 is 9.30 Å². The monoisotopic (exact) mass is 324 g/mol. The average molecular weight is 325 g/mol. The zero-order valence-corrected chi connectivity index (χ0v) is 13.4. The number of nitriles is 1. The van der Waals surface area contributed by atoms with Crippen LogP contribution < -0.4 is 4.90 Å². The van der Waals surface area contributed by atoms with Crippen molar-refractivity contribution in [1.82, 2.24) is 9.38 Å². The highest BCUT2D eigenvalue weighted by atomic mass is 35.5. The first-order chi connectivity index (χ1) is 11.0. The predicted octanol–water partition coefficient (Wildman–Crippen LogP) is 3.44. The lowest BCUT2D eigenvalue weighted by Crippen LogP contribution is -2.27. The summed E-state index contributed by atoms with van der Waals surface area (Å²) in [5, 5.41) is 9.95. The van der Waals surface area contributed by atoms with Crippen molar-refractivity contribution >= 4 is 28.8 Å².